The maximum Gasteiger partial charge on any atom is 0.156 e. The monoisotopic (exact) mass is 208 g/mol. The summed E-state index contributed by atoms with van der Waals surface area (Å²) in [5, 5.41) is 0.929. The van der Waals surface area contributed by atoms with Gasteiger partial charge in [-0.1, -0.05) is 18.2 Å². The van der Waals surface area contributed by atoms with Gasteiger partial charge >= 0.3 is 0 Å². The molecule has 1 radical (unpaired) electrons. The largest absolute Gasteiger partial charge is 0.361 e. The van der Waals surface area contributed by atoms with Crippen molar-refractivity contribution in [3.8, 4) is 0 Å². The van der Waals surface area contributed by atoms with Gasteiger partial charge in [0.05, 0.1) is 0 Å². The predicted octanol–water partition coefficient (Wildman–Crippen LogP) is 1.72. The standard InChI is InChI=1S/C10H10NO2S/c1-14(12,13)7-8-6-11-10-5-3-2-4-9(8)10/h2-7,11H,1H3. The average Bonchev–Trinajstić information content (AvgIpc) is 2.47. The van der Waals surface area contributed by atoms with E-state index in [-0.39, 0.29) is 0 Å². The summed E-state index contributed by atoms with van der Waals surface area (Å²) in [5.74, 6) is 1.27. The molecule has 0 aliphatic carbocycles. The van der Waals surface area contributed by atoms with Crippen LogP contribution in [0.5, 0.6) is 0 Å². The Hall–Kier alpha value is -1.29. The average molecular weight is 208 g/mol. The lowest BCUT2D eigenvalue weighted by Crippen LogP contribution is -1.96. The molecule has 2 rings (SSSR count). The van der Waals surface area contributed by atoms with Crippen LogP contribution < -0.4 is 0 Å². The first kappa shape index (κ1) is 9.27. The molecule has 1 N–H and O–H groups in total. The summed E-state index contributed by atoms with van der Waals surface area (Å²) >= 11 is 0. The molecule has 0 atom stereocenters. The molecule has 1 heterocycles. The summed E-state index contributed by atoms with van der Waals surface area (Å²) in [5.41, 5.74) is 1.66. The molecule has 0 aliphatic heterocycles. The zero-order valence-electron chi connectivity index (χ0n) is 7.69. The van der Waals surface area contributed by atoms with Gasteiger partial charge < -0.3 is 4.98 Å². The van der Waals surface area contributed by atoms with Gasteiger partial charge in [0.15, 0.2) is 9.84 Å². The van der Waals surface area contributed by atoms with Crippen LogP contribution in [0.2, 0.25) is 0 Å². The number of aromatic nitrogens is 1. The summed E-state index contributed by atoms with van der Waals surface area (Å²) in [4.78, 5) is 3.02. The maximum absolute atomic E-state index is 11.1. The second-order valence-electron chi connectivity index (χ2n) is 3.24. The molecule has 2 aromatic rings. The van der Waals surface area contributed by atoms with Gasteiger partial charge in [-0.05, 0) is 11.6 Å². The number of rotatable bonds is 2. The fourth-order valence-electron chi connectivity index (χ4n) is 1.42. The zero-order valence-corrected chi connectivity index (χ0v) is 8.51. The Labute approximate surface area is 82.7 Å². The normalized spacial score (nSPS) is 12.1. The molecule has 4 heteroatoms. The summed E-state index contributed by atoms with van der Waals surface area (Å²) in [7, 11) is -3.08. The minimum Gasteiger partial charge on any atom is -0.361 e. The zero-order chi connectivity index (χ0) is 10.2. The van der Waals surface area contributed by atoms with Gasteiger partial charge in [-0.25, -0.2) is 8.42 Å². The Morgan fingerprint density at radius 1 is 1.29 bits per heavy atom. The fourth-order valence-corrected chi connectivity index (χ4v) is 2.08. The number of H-pyrrole nitrogens is 1. The second kappa shape index (κ2) is 3.13. The van der Waals surface area contributed by atoms with Crippen LogP contribution in [0.25, 0.3) is 10.9 Å². The highest BCUT2D eigenvalue weighted by Crippen LogP contribution is 2.20. The number of para-hydroxylation sites is 1. The van der Waals surface area contributed by atoms with Crippen molar-refractivity contribution < 1.29 is 8.42 Å². The number of sulfone groups is 1. The third-order valence-corrected chi connectivity index (χ3v) is 2.64. The number of fused-ring (bicyclic) bond motifs is 1. The molecule has 0 bridgehead atoms. The van der Waals surface area contributed by atoms with E-state index in [0.29, 0.717) is 5.56 Å². The van der Waals surface area contributed by atoms with Crippen molar-refractivity contribution in [3.05, 3.63) is 41.8 Å². The van der Waals surface area contributed by atoms with Crippen LogP contribution in [0, 0.1) is 5.75 Å². The molecule has 0 amide bonds. The molecular formula is C10H10NO2S. The highest BCUT2D eigenvalue weighted by molar-refractivity contribution is 7.92. The molecule has 0 unspecified atom stereocenters. The Bertz CT molecular complexity index is 554. The van der Waals surface area contributed by atoms with E-state index >= 15 is 0 Å². The summed E-state index contributed by atoms with van der Waals surface area (Å²) in [6.07, 6.45) is 2.89. The smallest absolute Gasteiger partial charge is 0.156 e. The second-order valence-corrected chi connectivity index (χ2v) is 5.13. The van der Waals surface area contributed by atoms with Crippen molar-refractivity contribution in [1.82, 2.24) is 4.98 Å². The molecule has 0 spiro atoms. The first-order valence-corrected chi connectivity index (χ1v) is 6.13. The van der Waals surface area contributed by atoms with Crippen molar-refractivity contribution in [2.75, 3.05) is 6.26 Å². The summed E-state index contributed by atoms with van der Waals surface area (Å²) < 4.78 is 22.1. The molecule has 14 heavy (non-hydrogen) atoms. The molecule has 1 aromatic heterocycles. The first-order chi connectivity index (χ1) is 6.56. The molecule has 3 nitrogen and oxygen atoms in total. The Morgan fingerprint density at radius 2 is 2.00 bits per heavy atom. The molecular weight excluding hydrogens is 198 g/mol. The summed E-state index contributed by atoms with van der Waals surface area (Å²) in [6, 6.07) is 7.59. The SMILES string of the molecule is CS(=O)(=O)[CH]c1c[nH]c2ccccc12. The lowest BCUT2D eigenvalue weighted by Gasteiger charge is -1.95. The quantitative estimate of drug-likeness (QED) is 0.817. The highest BCUT2D eigenvalue weighted by Gasteiger charge is 2.09. The van der Waals surface area contributed by atoms with Crippen molar-refractivity contribution >= 4 is 20.7 Å². The highest BCUT2D eigenvalue weighted by atomic mass is 32.2. The van der Waals surface area contributed by atoms with E-state index in [0.717, 1.165) is 10.9 Å². The molecule has 0 saturated carbocycles. The van der Waals surface area contributed by atoms with E-state index in [4.69, 9.17) is 0 Å². The van der Waals surface area contributed by atoms with Crippen molar-refractivity contribution in [2.45, 2.75) is 0 Å². The van der Waals surface area contributed by atoms with Crippen molar-refractivity contribution in [2.24, 2.45) is 0 Å². The summed E-state index contributed by atoms with van der Waals surface area (Å²) in [6.45, 7) is 0. The van der Waals surface area contributed by atoms with Gasteiger partial charge in [0.1, 0.15) is 5.75 Å². The Kier molecular flexibility index (Phi) is 2.07. The van der Waals surface area contributed by atoms with Crippen molar-refractivity contribution in [3.63, 3.8) is 0 Å². The predicted molar refractivity (Wildman–Crippen MR) is 56.5 cm³/mol. The lowest BCUT2D eigenvalue weighted by atomic mass is 10.2. The van der Waals surface area contributed by atoms with Gasteiger partial charge in [0.2, 0.25) is 0 Å². The Morgan fingerprint density at radius 3 is 2.71 bits per heavy atom. The fraction of sp³-hybridized carbons (Fsp3) is 0.100. The molecule has 1 aromatic carbocycles. The molecule has 0 saturated heterocycles. The van der Waals surface area contributed by atoms with E-state index in [9.17, 15) is 8.42 Å². The first-order valence-electron chi connectivity index (χ1n) is 4.17. The molecule has 0 aliphatic rings. The number of hydrogen-bond acceptors (Lipinski definition) is 2. The van der Waals surface area contributed by atoms with E-state index < -0.39 is 9.84 Å². The number of benzene rings is 1. The van der Waals surface area contributed by atoms with Gasteiger partial charge in [0, 0.05) is 23.4 Å². The molecule has 73 valence electrons. The minimum atomic E-state index is -3.08. The van der Waals surface area contributed by atoms with E-state index in [1.165, 1.54) is 12.0 Å². The van der Waals surface area contributed by atoms with Crippen LogP contribution in [0.15, 0.2) is 30.5 Å². The number of aromatic amines is 1. The van der Waals surface area contributed by atoms with Crippen LogP contribution in [-0.4, -0.2) is 19.7 Å². The van der Waals surface area contributed by atoms with Gasteiger partial charge in [0.25, 0.3) is 0 Å². The van der Waals surface area contributed by atoms with Crippen LogP contribution >= 0.6 is 0 Å². The van der Waals surface area contributed by atoms with Crippen molar-refractivity contribution in [1.29, 1.82) is 0 Å². The third-order valence-electron chi connectivity index (χ3n) is 1.96. The van der Waals surface area contributed by atoms with Gasteiger partial charge in [-0.3, -0.25) is 0 Å². The minimum absolute atomic E-state index is 0.711. The molecule has 0 fully saturated rings. The third kappa shape index (κ3) is 1.80. The van der Waals surface area contributed by atoms with Crippen LogP contribution in [-0.2, 0) is 9.84 Å². The van der Waals surface area contributed by atoms with Crippen LogP contribution in [0.3, 0.4) is 0 Å². The van der Waals surface area contributed by atoms with E-state index in [2.05, 4.69) is 4.98 Å². The van der Waals surface area contributed by atoms with E-state index in [1.807, 2.05) is 24.3 Å². The Balaban J connectivity index is 2.54. The topological polar surface area (TPSA) is 49.9 Å². The van der Waals surface area contributed by atoms with Gasteiger partial charge in [-0.2, -0.15) is 0 Å². The lowest BCUT2D eigenvalue weighted by molar-refractivity contribution is 0.608. The maximum atomic E-state index is 11.1. The van der Waals surface area contributed by atoms with Crippen LogP contribution in [0.1, 0.15) is 5.56 Å². The number of hydrogen-bond donors (Lipinski definition) is 1. The van der Waals surface area contributed by atoms with Gasteiger partial charge in [-0.15, -0.1) is 0 Å². The van der Waals surface area contributed by atoms with Crippen LogP contribution in [0.4, 0.5) is 0 Å². The number of nitrogens with one attached hydrogen (secondary N) is 1. The van der Waals surface area contributed by atoms with E-state index in [1.54, 1.807) is 6.20 Å².